The number of hydrogen-bond acceptors (Lipinski definition) is 10. The zero-order chi connectivity index (χ0) is 38.7. The third-order valence-electron chi connectivity index (χ3n) is 9.24. The summed E-state index contributed by atoms with van der Waals surface area (Å²) in [5.41, 5.74) is 6.20. The maximum absolute atomic E-state index is 14.0. The summed E-state index contributed by atoms with van der Waals surface area (Å²) in [6.07, 6.45) is 12.0. The van der Waals surface area contributed by atoms with Gasteiger partial charge in [0.1, 0.15) is 41.4 Å². The number of halogens is 3. The van der Waals surface area contributed by atoms with Crippen molar-refractivity contribution >= 4 is 34.4 Å². The average Bonchev–Trinajstić information content (AvgIpc) is 3.74. The van der Waals surface area contributed by atoms with E-state index in [0.29, 0.717) is 54.1 Å². The van der Waals surface area contributed by atoms with Crippen molar-refractivity contribution in [3.63, 3.8) is 0 Å². The van der Waals surface area contributed by atoms with Gasteiger partial charge in [0.05, 0.1) is 23.2 Å². The molecular weight excluding hydrogens is 732 g/mol. The van der Waals surface area contributed by atoms with Gasteiger partial charge < -0.3 is 25.0 Å². The topological polar surface area (TPSA) is 163 Å². The Hall–Kier alpha value is -5.67. The van der Waals surface area contributed by atoms with Gasteiger partial charge in [-0.25, -0.2) is 18.1 Å². The molecule has 16 heteroatoms. The fourth-order valence-corrected chi connectivity index (χ4v) is 5.98. The molecule has 6 aromatic rings. The number of benzene rings is 2. The minimum absolute atomic E-state index is 0. The molecule has 4 aromatic heterocycles. The average molecular weight is 778 g/mol. The highest BCUT2D eigenvalue weighted by Gasteiger charge is 2.53. The second kappa shape index (κ2) is 19.1. The highest BCUT2D eigenvalue weighted by Crippen LogP contribution is 2.51. The van der Waals surface area contributed by atoms with Crippen LogP contribution in [0, 0.1) is 11.6 Å². The Morgan fingerprint density at radius 3 is 1.64 bits per heavy atom. The van der Waals surface area contributed by atoms with Crippen LogP contribution >= 0.6 is 11.6 Å². The van der Waals surface area contributed by atoms with E-state index in [0.717, 1.165) is 5.69 Å². The van der Waals surface area contributed by atoms with Gasteiger partial charge in [-0.2, -0.15) is 5.10 Å². The van der Waals surface area contributed by atoms with E-state index >= 15 is 0 Å². The number of carbonyl (C=O) groups excluding carboxylic acids is 2. The maximum atomic E-state index is 14.0. The van der Waals surface area contributed by atoms with Gasteiger partial charge in [-0.15, -0.1) is 5.10 Å². The molecule has 1 amide bonds. The Kier molecular flexibility index (Phi) is 14.6. The number of hydrogen-bond donors (Lipinski definition) is 2. The number of aromatic nitrogens is 6. The zero-order valence-corrected chi connectivity index (χ0v) is 30.9. The van der Waals surface area contributed by atoms with Crippen molar-refractivity contribution in [1.82, 2.24) is 34.8 Å². The van der Waals surface area contributed by atoms with E-state index in [1.54, 1.807) is 71.8 Å². The van der Waals surface area contributed by atoms with Crippen LogP contribution in [-0.4, -0.2) is 65.6 Å². The molecule has 0 atom stereocenters. The standard InChI is InChI=1S/C16H13FN4O2.C10H8ClFO.C6H6N4O.C6H15N.CH4/c17-13-4-2-1-3-12(13)16(6-7-16)15(22)19-14-5-8-21(20-14)11-9-18-23-10-11;11-9(13)10(5-6-10)7-3-1-2-4-8(7)12;7-6-1-2-10(9-6)5-3-8-11-4-5;1-4-7(5-2)6-3;/h1-5,8-10H,6-7H2,(H,19,20,22);1-4H,5-6H2;1-4H,(H2,7,9);4-6H2,1-3H3;1H4. The minimum Gasteiger partial charge on any atom is -0.382 e. The predicted octanol–water partition coefficient (Wildman–Crippen LogP) is 7.72. The van der Waals surface area contributed by atoms with Crippen molar-refractivity contribution in [1.29, 1.82) is 0 Å². The molecular formula is C39H46ClF2N9O4. The van der Waals surface area contributed by atoms with Crippen molar-refractivity contribution in [2.45, 2.75) is 64.7 Å². The van der Waals surface area contributed by atoms with E-state index in [1.807, 2.05) is 0 Å². The fraction of sp³-hybridized carbons (Fsp3) is 0.333. The maximum Gasteiger partial charge on any atom is 0.236 e. The molecule has 0 bridgehead atoms. The molecule has 292 valence electrons. The van der Waals surface area contributed by atoms with Crippen LogP contribution in [0.15, 0.2) is 107 Å². The lowest BCUT2D eigenvalue weighted by molar-refractivity contribution is -0.118. The van der Waals surface area contributed by atoms with Gasteiger partial charge in [-0.05, 0) is 69.1 Å². The Morgan fingerprint density at radius 1 is 0.782 bits per heavy atom. The summed E-state index contributed by atoms with van der Waals surface area (Å²) in [6.45, 7) is 10.1. The molecule has 2 aliphatic carbocycles. The molecule has 0 spiro atoms. The molecule has 2 aromatic carbocycles. The van der Waals surface area contributed by atoms with E-state index in [2.05, 4.69) is 56.0 Å². The number of amides is 1. The lowest BCUT2D eigenvalue weighted by Gasteiger charge is -2.15. The summed E-state index contributed by atoms with van der Waals surface area (Å²) in [7, 11) is 0. The van der Waals surface area contributed by atoms with E-state index in [9.17, 15) is 18.4 Å². The predicted molar refractivity (Wildman–Crippen MR) is 206 cm³/mol. The Balaban J connectivity index is 0.000000179. The molecule has 3 N–H and O–H groups in total. The molecule has 2 saturated carbocycles. The van der Waals surface area contributed by atoms with Gasteiger partial charge in [0, 0.05) is 35.7 Å². The van der Waals surface area contributed by atoms with Gasteiger partial charge in [0.15, 0.2) is 5.82 Å². The van der Waals surface area contributed by atoms with Crippen molar-refractivity contribution in [2.24, 2.45) is 0 Å². The summed E-state index contributed by atoms with van der Waals surface area (Å²) in [4.78, 5) is 26.0. The molecule has 13 nitrogen and oxygen atoms in total. The second-order valence-electron chi connectivity index (χ2n) is 12.6. The zero-order valence-electron chi connectivity index (χ0n) is 30.2. The van der Waals surface area contributed by atoms with Crippen LogP contribution in [0.3, 0.4) is 0 Å². The molecule has 0 radical (unpaired) electrons. The fourth-order valence-electron chi connectivity index (χ4n) is 5.69. The van der Waals surface area contributed by atoms with Gasteiger partial charge in [-0.3, -0.25) is 9.59 Å². The van der Waals surface area contributed by atoms with E-state index in [4.69, 9.17) is 21.9 Å². The van der Waals surface area contributed by atoms with Crippen LogP contribution in [0.1, 0.15) is 65.0 Å². The van der Waals surface area contributed by atoms with Crippen LogP contribution in [0.4, 0.5) is 20.4 Å². The first-order valence-electron chi connectivity index (χ1n) is 17.5. The van der Waals surface area contributed by atoms with Gasteiger partial charge in [0.2, 0.25) is 11.1 Å². The van der Waals surface area contributed by atoms with Crippen LogP contribution in [0.2, 0.25) is 0 Å². The first-order valence-corrected chi connectivity index (χ1v) is 17.8. The number of nitrogens with one attached hydrogen (secondary N) is 1. The van der Waals surface area contributed by atoms with Crippen molar-refractivity contribution in [2.75, 3.05) is 30.7 Å². The first-order chi connectivity index (χ1) is 26.1. The molecule has 0 aliphatic heterocycles. The van der Waals surface area contributed by atoms with Gasteiger partial charge >= 0.3 is 0 Å². The van der Waals surface area contributed by atoms with Crippen molar-refractivity contribution in [3.05, 3.63) is 121 Å². The number of nitrogen functional groups attached to an aromatic ring is 1. The molecule has 2 aliphatic rings. The Morgan fingerprint density at radius 2 is 1.25 bits per heavy atom. The summed E-state index contributed by atoms with van der Waals surface area (Å²) in [5, 5.41) is 17.6. The van der Waals surface area contributed by atoms with E-state index in [-0.39, 0.29) is 25.0 Å². The van der Waals surface area contributed by atoms with E-state index in [1.165, 1.54) is 55.2 Å². The summed E-state index contributed by atoms with van der Waals surface area (Å²) < 4.78 is 39.8. The molecule has 0 saturated heterocycles. The van der Waals surface area contributed by atoms with Crippen LogP contribution in [-0.2, 0) is 20.4 Å². The molecule has 4 heterocycles. The quantitative estimate of drug-likeness (QED) is 0.132. The molecule has 55 heavy (non-hydrogen) atoms. The lowest BCUT2D eigenvalue weighted by atomic mass is 9.94. The van der Waals surface area contributed by atoms with Crippen molar-refractivity contribution < 1.29 is 27.4 Å². The second-order valence-corrected chi connectivity index (χ2v) is 12.9. The minimum atomic E-state index is -0.785. The summed E-state index contributed by atoms with van der Waals surface area (Å²) in [6, 6.07) is 16.1. The number of nitrogens with two attached hydrogens (primary N) is 1. The number of nitrogens with zero attached hydrogens (tertiary/aromatic N) is 7. The normalized spacial score (nSPS) is 14.1. The highest BCUT2D eigenvalue weighted by atomic mass is 35.5. The monoisotopic (exact) mass is 777 g/mol. The smallest absolute Gasteiger partial charge is 0.236 e. The third-order valence-corrected chi connectivity index (χ3v) is 9.60. The molecule has 8 rings (SSSR count). The third kappa shape index (κ3) is 10.3. The Bertz CT molecular complexity index is 2080. The molecule has 0 unspecified atom stereocenters. The SMILES string of the molecule is C.CCN(CC)CC.Nc1ccn(-c2cnoc2)n1.O=C(Cl)C1(c2ccccc2F)CC1.O=C(Nc1ccn(-c2cnoc2)n1)C1(c2ccccc2F)CC1. The van der Waals surface area contributed by atoms with Gasteiger partial charge in [-0.1, -0.05) is 74.9 Å². The van der Waals surface area contributed by atoms with E-state index < -0.39 is 16.1 Å². The van der Waals surface area contributed by atoms with Crippen LogP contribution in [0.5, 0.6) is 0 Å². The highest BCUT2D eigenvalue weighted by molar-refractivity contribution is 6.66. The molecule has 2 fully saturated rings. The van der Waals surface area contributed by atoms with Crippen molar-refractivity contribution in [3.8, 4) is 11.4 Å². The first kappa shape index (κ1) is 42.1. The van der Waals surface area contributed by atoms with Crippen LogP contribution < -0.4 is 11.1 Å². The lowest BCUT2D eigenvalue weighted by Crippen LogP contribution is -2.28. The van der Waals surface area contributed by atoms with Crippen LogP contribution in [0.25, 0.3) is 11.4 Å². The Labute approximate surface area is 323 Å². The van der Waals surface area contributed by atoms with Gasteiger partial charge in [0.25, 0.3) is 0 Å². The summed E-state index contributed by atoms with van der Waals surface area (Å²) >= 11 is 5.43. The number of rotatable bonds is 10. The number of anilines is 2. The largest absolute Gasteiger partial charge is 0.382 e. The summed E-state index contributed by atoms with van der Waals surface area (Å²) in [5.74, 6) is -0.0488. The number of carbonyl (C=O) groups is 2.